The van der Waals surface area contributed by atoms with Crippen LogP contribution >= 0.6 is 0 Å². The zero-order chi connectivity index (χ0) is 22.4. The van der Waals surface area contributed by atoms with Crippen LogP contribution in [0.1, 0.15) is 18.4 Å². The third kappa shape index (κ3) is 4.01. The van der Waals surface area contributed by atoms with Crippen LogP contribution in [0.25, 0.3) is 0 Å². The molecule has 31 heavy (non-hydrogen) atoms. The molecule has 1 aromatic carbocycles. The molecule has 4 rings (SSSR count). The Labute approximate surface area is 178 Å². The van der Waals surface area contributed by atoms with Crippen LogP contribution in [0.15, 0.2) is 41.3 Å². The second-order valence-electron chi connectivity index (χ2n) is 7.92. The number of carbonyl (C=O) groups is 2. The van der Waals surface area contributed by atoms with Gasteiger partial charge in [-0.3, -0.25) is 19.4 Å². The van der Waals surface area contributed by atoms with E-state index in [0.29, 0.717) is 12.8 Å². The van der Waals surface area contributed by atoms with Crippen LogP contribution in [0.5, 0.6) is 0 Å². The summed E-state index contributed by atoms with van der Waals surface area (Å²) in [6, 6.07) is 4.12. The van der Waals surface area contributed by atoms with Crippen molar-refractivity contribution in [2.45, 2.75) is 23.9 Å². The van der Waals surface area contributed by atoms with Crippen LogP contribution in [0.4, 0.5) is 13.2 Å². The topological polar surface area (TPSA) is 78.0 Å². The predicted molar refractivity (Wildman–Crippen MR) is 104 cm³/mol. The number of piperazine rings is 1. The fourth-order valence-electron chi connectivity index (χ4n) is 4.38. The first-order valence-electron chi connectivity index (χ1n) is 9.99. The van der Waals surface area contributed by atoms with E-state index in [1.807, 2.05) is 12.2 Å². The van der Waals surface area contributed by atoms with Gasteiger partial charge in [0.15, 0.2) is 0 Å². The summed E-state index contributed by atoms with van der Waals surface area (Å²) in [5.74, 6) is -1.10. The number of sulfonamides is 1. The van der Waals surface area contributed by atoms with Gasteiger partial charge in [0.05, 0.1) is 29.0 Å². The fourth-order valence-corrected chi connectivity index (χ4v) is 6.02. The van der Waals surface area contributed by atoms with Crippen LogP contribution in [0, 0.1) is 11.8 Å². The number of carbonyl (C=O) groups excluding carboxylic acids is 2. The number of fused-ring (bicyclic) bond motifs is 1. The van der Waals surface area contributed by atoms with Crippen molar-refractivity contribution >= 4 is 21.8 Å². The molecule has 2 saturated heterocycles. The summed E-state index contributed by atoms with van der Waals surface area (Å²) in [7, 11) is -4.33. The minimum atomic E-state index is -4.78. The normalized spacial score (nSPS) is 25.8. The van der Waals surface area contributed by atoms with Crippen molar-refractivity contribution in [2.75, 3.05) is 32.8 Å². The summed E-state index contributed by atoms with van der Waals surface area (Å²) in [5.41, 5.74) is -1.19. The highest BCUT2D eigenvalue weighted by Gasteiger charge is 2.48. The zero-order valence-electron chi connectivity index (χ0n) is 16.6. The maximum atomic E-state index is 13.3. The summed E-state index contributed by atoms with van der Waals surface area (Å²) in [6.45, 7) is 0.423. The van der Waals surface area contributed by atoms with Gasteiger partial charge in [-0.1, -0.05) is 24.3 Å². The first-order chi connectivity index (χ1) is 14.6. The van der Waals surface area contributed by atoms with Crippen LogP contribution in [-0.4, -0.2) is 67.2 Å². The van der Waals surface area contributed by atoms with E-state index in [9.17, 15) is 31.2 Å². The van der Waals surface area contributed by atoms with E-state index in [1.165, 1.54) is 11.0 Å². The SMILES string of the molecule is O=C1[C@H]2CC=CC[C@@H]2C(=O)N1CN1CCN(S(=O)(=O)c2ccccc2C(F)(F)F)CC1. The minimum Gasteiger partial charge on any atom is -0.283 e. The second kappa shape index (κ2) is 8.03. The van der Waals surface area contributed by atoms with E-state index in [1.54, 1.807) is 4.90 Å². The van der Waals surface area contributed by atoms with Gasteiger partial charge >= 0.3 is 6.18 Å². The molecule has 0 N–H and O–H groups in total. The Kier molecular flexibility index (Phi) is 5.69. The number of alkyl halides is 3. The second-order valence-corrected chi connectivity index (χ2v) is 9.82. The molecule has 2 atom stereocenters. The number of amides is 2. The lowest BCUT2D eigenvalue weighted by Crippen LogP contribution is -2.52. The highest BCUT2D eigenvalue weighted by atomic mass is 32.2. The summed E-state index contributed by atoms with van der Waals surface area (Å²) in [6.07, 6.45) is 0.0941. The van der Waals surface area contributed by atoms with E-state index in [2.05, 4.69) is 0 Å². The number of hydrogen-bond acceptors (Lipinski definition) is 5. The number of allylic oxidation sites excluding steroid dienone is 2. The lowest BCUT2D eigenvalue weighted by atomic mass is 9.85. The van der Waals surface area contributed by atoms with Crippen LogP contribution < -0.4 is 0 Å². The van der Waals surface area contributed by atoms with E-state index in [0.717, 1.165) is 22.5 Å². The Balaban J connectivity index is 1.43. The summed E-state index contributed by atoms with van der Waals surface area (Å²) in [5, 5.41) is 0. The molecule has 168 valence electrons. The first kappa shape index (κ1) is 22.0. The molecule has 1 aliphatic carbocycles. The van der Waals surface area contributed by atoms with Gasteiger partial charge in [-0.2, -0.15) is 17.5 Å². The smallest absolute Gasteiger partial charge is 0.283 e. The lowest BCUT2D eigenvalue weighted by molar-refractivity contribution is -0.143. The van der Waals surface area contributed by atoms with E-state index >= 15 is 0 Å². The molecule has 3 aliphatic rings. The monoisotopic (exact) mass is 457 g/mol. The molecule has 0 aromatic heterocycles. The van der Waals surface area contributed by atoms with Gasteiger partial charge < -0.3 is 0 Å². The highest BCUT2D eigenvalue weighted by molar-refractivity contribution is 7.89. The molecule has 11 heteroatoms. The van der Waals surface area contributed by atoms with Crippen molar-refractivity contribution < 1.29 is 31.2 Å². The quantitative estimate of drug-likeness (QED) is 0.510. The van der Waals surface area contributed by atoms with Gasteiger partial charge in [-0.25, -0.2) is 8.42 Å². The van der Waals surface area contributed by atoms with Crippen LogP contribution in [0.2, 0.25) is 0 Å². The number of likely N-dealkylation sites (tertiary alicyclic amines) is 1. The third-order valence-electron chi connectivity index (χ3n) is 6.08. The maximum Gasteiger partial charge on any atom is 0.417 e. The number of imide groups is 1. The molecular weight excluding hydrogens is 435 g/mol. The predicted octanol–water partition coefficient (Wildman–Crippen LogP) is 1.92. The molecule has 1 aromatic rings. The Morgan fingerprint density at radius 2 is 1.45 bits per heavy atom. The van der Waals surface area contributed by atoms with Crippen LogP contribution in [-0.2, 0) is 25.8 Å². The van der Waals surface area contributed by atoms with E-state index < -0.39 is 26.7 Å². The molecule has 7 nitrogen and oxygen atoms in total. The molecule has 0 bridgehead atoms. The molecule has 2 fully saturated rings. The number of halogens is 3. The maximum absolute atomic E-state index is 13.3. The molecule has 2 aliphatic heterocycles. The van der Waals surface area contributed by atoms with Crippen molar-refractivity contribution in [1.29, 1.82) is 0 Å². The summed E-state index contributed by atoms with van der Waals surface area (Å²) < 4.78 is 66.6. The molecular formula is C20H22F3N3O4S. The van der Waals surface area contributed by atoms with Gasteiger partial charge in [-0.15, -0.1) is 0 Å². The third-order valence-corrected chi connectivity index (χ3v) is 8.04. The average Bonchev–Trinajstić information content (AvgIpc) is 2.99. The minimum absolute atomic E-state index is 0.0286. The number of nitrogens with zero attached hydrogens (tertiary/aromatic N) is 3. The summed E-state index contributed by atoms with van der Waals surface area (Å²) in [4.78, 5) is 27.4. The van der Waals surface area contributed by atoms with Crippen molar-refractivity contribution in [3.63, 3.8) is 0 Å². The van der Waals surface area contributed by atoms with Crippen molar-refractivity contribution in [3.05, 3.63) is 42.0 Å². The standard InChI is InChI=1S/C20H22F3N3O4S/c21-20(22,23)16-7-3-4-8-17(16)31(29,30)25-11-9-24(10-12-25)13-26-18(27)14-5-1-2-6-15(14)19(26)28/h1-4,7-8,14-15H,5-6,9-13H2/t14-,15-/m0/s1. The van der Waals surface area contributed by atoms with Gasteiger partial charge in [0, 0.05) is 26.2 Å². The molecule has 2 heterocycles. The Bertz CT molecular complexity index is 991. The fraction of sp³-hybridized carbons (Fsp3) is 0.500. The Morgan fingerprint density at radius 3 is 2.00 bits per heavy atom. The highest BCUT2D eigenvalue weighted by Crippen LogP contribution is 2.36. The van der Waals surface area contributed by atoms with E-state index in [-0.39, 0.29) is 56.5 Å². The largest absolute Gasteiger partial charge is 0.417 e. The number of benzene rings is 1. The van der Waals surface area contributed by atoms with Gasteiger partial charge in [0.25, 0.3) is 0 Å². The Morgan fingerprint density at radius 1 is 0.903 bits per heavy atom. The lowest BCUT2D eigenvalue weighted by Gasteiger charge is -2.35. The van der Waals surface area contributed by atoms with Crippen molar-refractivity contribution in [2.24, 2.45) is 11.8 Å². The first-order valence-corrected chi connectivity index (χ1v) is 11.4. The van der Waals surface area contributed by atoms with Crippen LogP contribution in [0.3, 0.4) is 0 Å². The number of rotatable bonds is 4. The van der Waals surface area contributed by atoms with Crippen molar-refractivity contribution in [3.8, 4) is 0 Å². The molecule has 0 radical (unpaired) electrons. The van der Waals surface area contributed by atoms with E-state index in [4.69, 9.17) is 0 Å². The molecule has 0 saturated carbocycles. The summed E-state index contributed by atoms with van der Waals surface area (Å²) >= 11 is 0. The molecule has 2 amide bonds. The average molecular weight is 457 g/mol. The number of hydrogen-bond donors (Lipinski definition) is 0. The van der Waals surface area contributed by atoms with Gasteiger partial charge in [-0.05, 0) is 25.0 Å². The van der Waals surface area contributed by atoms with Crippen molar-refractivity contribution in [1.82, 2.24) is 14.1 Å². The Hall–Kier alpha value is -2.24. The zero-order valence-corrected chi connectivity index (χ0v) is 17.4. The van der Waals surface area contributed by atoms with Gasteiger partial charge in [0.1, 0.15) is 0 Å². The van der Waals surface area contributed by atoms with Gasteiger partial charge in [0.2, 0.25) is 21.8 Å². The molecule has 0 unspecified atom stereocenters. The molecule has 0 spiro atoms.